The number of nitrogens with zero attached hydrogens (tertiary/aromatic N) is 1. The van der Waals surface area contributed by atoms with Crippen LogP contribution in [-0.2, 0) is 6.42 Å². The number of nitrogens with one attached hydrogen (secondary N) is 1. The van der Waals surface area contributed by atoms with E-state index >= 15 is 0 Å². The summed E-state index contributed by atoms with van der Waals surface area (Å²) in [5.41, 5.74) is 3.78. The minimum atomic E-state index is -0.373. The zero-order valence-electron chi connectivity index (χ0n) is 12.4. The first-order valence-corrected chi connectivity index (χ1v) is 7.09. The summed E-state index contributed by atoms with van der Waals surface area (Å²) in [7, 11) is 0. The standard InChI is InChI=1S/C17H20N2O2/c1-13-4-3-5-16(12-13)14(2)18-11-10-15-6-8-17(9-7-15)19(20)21/h3-9,12,14,18H,10-11H2,1-2H3/t14-/m0/s1. The lowest BCUT2D eigenvalue weighted by Crippen LogP contribution is -2.21. The topological polar surface area (TPSA) is 55.2 Å². The van der Waals surface area contributed by atoms with E-state index in [1.54, 1.807) is 12.1 Å². The van der Waals surface area contributed by atoms with E-state index in [0.717, 1.165) is 18.5 Å². The molecule has 4 heteroatoms. The number of nitro groups is 1. The van der Waals surface area contributed by atoms with Crippen molar-refractivity contribution in [3.63, 3.8) is 0 Å². The van der Waals surface area contributed by atoms with Crippen molar-refractivity contribution in [2.24, 2.45) is 0 Å². The number of non-ortho nitro benzene ring substituents is 1. The predicted molar refractivity (Wildman–Crippen MR) is 84.4 cm³/mol. The quantitative estimate of drug-likeness (QED) is 0.648. The monoisotopic (exact) mass is 284 g/mol. The molecule has 0 saturated carbocycles. The number of benzene rings is 2. The average molecular weight is 284 g/mol. The summed E-state index contributed by atoms with van der Waals surface area (Å²) in [6.07, 6.45) is 0.855. The van der Waals surface area contributed by atoms with Gasteiger partial charge in [0.2, 0.25) is 0 Å². The van der Waals surface area contributed by atoms with Gasteiger partial charge in [0.25, 0.3) is 5.69 Å². The van der Waals surface area contributed by atoms with E-state index in [0.29, 0.717) is 6.04 Å². The molecule has 110 valence electrons. The molecule has 0 bridgehead atoms. The molecule has 1 N–H and O–H groups in total. The summed E-state index contributed by atoms with van der Waals surface area (Å²) in [6.45, 7) is 5.07. The van der Waals surface area contributed by atoms with Gasteiger partial charge >= 0.3 is 0 Å². The summed E-state index contributed by atoms with van der Waals surface area (Å²) >= 11 is 0. The number of aryl methyl sites for hydroxylation is 1. The maximum absolute atomic E-state index is 10.6. The minimum Gasteiger partial charge on any atom is -0.310 e. The SMILES string of the molecule is Cc1cccc([C@H](C)NCCc2ccc([N+](=O)[O-])cc2)c1. The number of nitro benzene ring substituents is 1. The molecule has 4 nitrogen and oxygen atoms in total. The van der Waals surface area contributed by atoms with Crippen molar-refractivity contribution in [1.82, 2.24) is 5.32 Å². The van der Waals surface area contributed by atoms with Gasteiger partial charge in [-0.3, -0.25) is 10.1 Å². The second-order valence-corrected chi connectivity index (χ2v) is 5.26. The van der Waals surface area contributed by atoms with Crippen LogP contribution in [0.25, 0.3) is 0 Å². The molecule has 0 saturated heterocycles. The van der Waals surface area contributed by atoms with E-state index in [9.17, 15) is 10.1 Å². The van der Waals surface area contributed by atoms with E-state index in [-0.39, 0.29) is 10.6 Å². The van der Waals surface area contributed by atoms with Gasteiger partial charge in [-0.25, -0.2) is 0 Å². The van der Waals surface area contributed by atoms with Crippen LogP contribution in [0.1, 0.15) is 29.7 Å². The first-order chi connectivity index (χ1) is 10.1. The summed E-state index contributed by atoms with van der Waals surface area (Å²) in [5.74, 6) is 0. The molecule has 1 atom stereocenters. The molecule has 2 rings (SSSR count). The maximum atomic E-state index is 10.6. The average Bonchev–Trinajstić information content (AvgIpc) is 2.47. The Kier molecular flexibility index (Phi) is 5.06. The lowest BCUT2D eigenvalue weighted by atomic mass is 10.1. The number of rotatable bonds is 6. The van der Waals surface area contributed by atoms with E-state index in [1.807, 2.05) is 12.1 Å². The number of hydrogen-bond acceptors (Lipinski definition) is 3. The van der Waals surface area contributed by atoms with Crippen LogP contribution in [0.5, 0.6) is 0 Å². The highest BCUT2D eigenvalue weighted by molar-refractivity contribution is 5.33. The van der Waals surface area contributed by atoms with Gasteiger partial charge in [0.1, 0.15) is 0 Å². The van der Waals surface area contributed by atoms with E-state index < -0.39 is 0 Å². The van der Waals surface area contributed by atoms with Crippen molar-refractivity contribution in [3.8, 4) is 0 Å². The van der Waals surface area contributed by atoms with Gasteiger partial charge in [-0.1, -0.05) is 42.0 Å². The smallest absolute Gasteiger partial charge is 0.269 e. The molecular formula is C17H20N2O2. The third-order valence-electron chi connectivity index (χ3n) is 3.55. The van der Waals surface area contributed by atoms with Crippen molar-refractivity contribution >= 4 is 5.69 Å². The van der Waals surface area contributed by atoms with Gasteiger partial charge in [0, 0.05) is 18.2 Å². The predicted octanol–water partition coefficient (Wildman–Crippen LogP) is 3.80. The number of hydrogen-bond donors (Lipinski definition) is 1. The van der Waals surface area contributed by atoms with Crippen molar-refractivity contribution in [2.75, 3.05) is 6.54 Å². The van der Waals surface area contributed by atoms with Crippen LogP contribution >= 0.6 is 0 Å². The second-order valence-electron chi connectivity index (χ2n) is 5.26. The Bertz CT molecular complexity index is 608. The molecule has 0 spiro atoms. The Balaban J connectivity index is 1.85. The third-order valence-corrected chi connectivity index (χ3v) is 3.55. The van der Waals surface area contributed by atoms with Crippen LogP contribution in [0.4, 0.5) is 5.69 Å². The first-order valence-electron chi connectivity index (χ1n) is 7.09. The van der Waals surface area contributed by atoms with Crippen LogP contribution in [0.15, 0.2) is 48.5 Å². The van der Waals surface area contributed by atoms with Gasteiger partial charge < -0.3 is 5.32 Å². The van der Waals surface area contributed by atoms with Gasteiger partial charge in [0.05, 0.1) is 4.92 Å². The molecule has 21 heavy (non-hydrogen) atoms. The Morgan fingerprint density at radius 1 is 1.19 bits per heavy atom. The Morgan fingerprint density at radius 2 is 1.90 bits per heavy atom. The van der Waals surface area contributed by atoms with Gasteiger partial charge in [-0.05, 0) is 37.9 Å². The fourth-order valence-electron chi connectivity index (χ4n) is 2.27. The van der Waals surface area contributed by atoms with Crippen molar-refractivity contribution in [3.05, 3.63) is 75.3 Å². The first kappa shape index (κ1) is 15.2. The minimum absolute atomic E-state index is 0.139. The van der Waals surface area contributed by atoms with Crippen LogP contribution in [-0.4, -0.2) is 11.5 Å². The van der Waals surface area contributed by atoms with Gasteiger partial charge in [-0.2, -0.15) is 0 Å². The van der Waals surface area contributed by atoms with Crippen LogP contribution in [0, 0.1) is 17.0 Å². The molecule has 0 aliphatic heterocycles. The van der Waals surface area contributed by atoms with Crippen LogP contribution in [0.2, 0.25) is 0 Å². The molecule has 0 heterocycles. The highest BCUT2D eigenvalue weighted by Gasteiger charge is 2.06. The zero-order chi connectivity index (χ0) is 15.2. The molecule has 0 radical (unpaired) electrons. The van der Waals surface area contributed by atoms with Crippen molar-refractivity contribution in [1.29, 1.82) is 0 Å². The van der Waals surface area contributed by atoms with Crippen molar-refractivity contribution in [2.45, 2.75) is 26.3 Å². The Morgan fingerprint density at radius 3 is 2.52 bits per heavy atom. The normalized spacial score (nSPS) is 12.1. The molecule has 2 aromatic rings. The highest BCUT2D eigenvalue weighted by Crippen LogP contribution is 2.15. The Labute approximate surface area is 125 Å². The summed E-state index contributed by atoms with van der Waals surface area (Å²) < 4.78 is 0. The van der Waals surface area contributed by atoms with Gasteiger partial charge in [0.15, 0.2) is 0 Å². The molecule has 0 amide bonds. The molecular weight excluding hydrogens is 264 g/mol. The van der Waals surface area contributed by atoms with Gasteiger partial charge in [-0.15, -0.1) is 0 Å². The molecule has 0 aromatic heterocycles. The fourth-order valence-corrected chi connectivity index (χ4v) is 2.27. The Hall–Kier alpha value is -2.20. The molecule has 2 aromatic carbocycles. The zero-order valence-corrected chi connectivity index (χ0v) is 12.4. The third kappa shape index (κ3) is 4.39. The summed E-state index contributed by atoms with van der Waals surface area (Å²) in [6, 6.07) is 15.5. The molecule has 0 aliphatic rings. The maximum Gasteiger partial charge on any atom is 0.269 e. The molecule has 0 unspecified atom stereocenters. The largest absolute Gasteiger partial charge is 0.310 e. The van der Waals surface area contributed by atoms with E-state index in [2.05, 4.69) is 43.4 Å². The van der Waals surface area contributed by atoms with Crippen molar-refractivity contribution < 1.29 is 4.92 Å². The lowest BCUT2D eigenvalue weighted by Gasteiger charge is -2.14. The summed E-state index contributed by atoms with van der Waals surface area (Å²) in [5, 5.41) is 14.1. The lowest BCUT2D eigenvalue weighted by molar-refractivity contribution is -0.384. The molecule has 0 fully saturated rings. The van der Waals surface area contributed by atoms with E-state index in [4.69, 9.17) is 0 Å². The van der Waals surface area contributed by atoms with Crippen LogP contribution in [0.3, 0.4) is 0 Å². The highest BCUT2D eigenvalue weighted by atomic mass is 16.6. The summed E-state index contributed by atoms with van der Waals surface area (Å²) in [4.78, 5) is 10.2. The van der Waals surface area contributed by atoms with Crippen LogP contribution < -0.4 is 5.32 Å². The van der Waals surface area contributed by atoms with E-state index in [1.165, 1.54) is 11.1 Å². The molecule has 0 aliphatic carbocycles. The second kappa shape index (κ2) is 6.99. The fraction of sp³-hybridized carbons (Fsp3) is 0.294.